The van der Waals surface area contributed by atoms with E-state index in [1.54, 1.807) is 0 Å². The summed E-state index contributed by atoms with van der Waals surface area (Å²) in [7, 11) is 0. The summed E-state index contributed by atoms with van der Waals surface area (Å²) in [5.41, 5.74) is 8.80. The summed E-state index contributed by atoms with van der Waals surface area (Å²) >= 11 is 0. The first-order valence-electron chi connectivity index (χ1n) is 8.76. The molecule has 1 heteroatoms. The number of hydrogen-bond acceptors (Lipinski definition) is 1. The second-order valence-corrected chi connectivity index (χ2v) is 7.03. The molecule has 0 atom stereocenters. The van der Waals surface area contributed by atoms with Crippen molar-refractivity contribution < 1.29 is 4.42 Å². The van der Waals surface area contributed by atoms with Crippen LogP contribution in [-0.4, -0.2) is 0 Å². The van der Waals surface area contributed by atoms with Crippen molar-refractivity contribution in [3.63, 3.8) is 0 Å². The first-order valence-corrected chi connectivity index (χ1v) is 8.76. The van der Waals surface area contributed by atoms with Crippen molar-refractivity contribution in [2.75, 3.05) is 0 Å². The maximum absolute atomic E-state index is 6.24. The summed E-state index contributed by atoms with van der Waals surface area (Å²) in [6, 6.07) is 24.0. The minimum Gasteiger partial charge on any atom is -0.456 e. The fraction of sp³-hybridized carbons (Fsp3) is 0.0833. The van der Waals surface area contributed by atoms with Gasteiger partial charge in [0.05, 0.1) is 0 Å². The topological polar surface area (TPSA) is 13.1 Å². The van der Waals surface area contributed by atoms with E-state index >= 15 is 0 Å². The third-order valence-electron chi connectivity index (χ3n) is 5.57. The molecule has 0 fully saturated rings. The fourth-order valence-corrected chi connectivity index (χ4v) is 4.50. The second kappa shape index (κ2) is 4.52. The summed E-state index contributed by atoms with van der Waals surface area (Å²) in [6.45, 7) is 2.14. The number of benzene rings is 4. The molecular formula is C24H16O. The van der Waals surface area contributed by atoms with E-state index in [2.05, 4.69) is 67.6 Å². The van der Waals surface area contributed by atoms with Gasteiger partial charge < -0.3 is 4.42 Å². The van der Waals surface area contributed by atoms with Crippen LogP contribution in [0.1, 0.15) is 16.7 Å². The molecule has 25 heavy (non-hydrogen) atoms. The van der Waals surface area contributed by atoms with Gasteiger partial charge in [-0.15, -0.1) is 0 Å². The maximum Gasteiger partial charge on any atom is 0.138 e. The van der Waals surface area contributed by atoms with Crippen molar-refractivity contribution in [1.82, 2.24) is 0 Å². The van der Waals surface area contributed by atoms with Crippen LogP contribution >= 0.6 is 0 Å². The summed E-state index contributed by atoms with van der Waals surface area (Å²) < 4.78 is 6.24. The van der Waals surface area contributed by atoms with E-state index in [9.17, 15) is 0 Å². The number of fused-ring (bicyclic) bond motifs is 9. The Morgan fingerprint density at radius 2 is 1.64 bits per heavy atom. The van der Waals surface area contributed by atoms with Gasteiger partial charge in [-0.25, -0.2) is 0 Å². The summed E-state index contributed by atoms with van der Waals surface area (Å²) in [5.74, 6) is 0. The van der Waals surface area contributed by atoms with Crippen molar-refractivity contribution in [3.05, 3.63) is 83.4 Å². The van der Waals surface area contributed by atoms with Crippen molar-refractivity contribution in [3.8, 4) is 11.1 Å². The van der Waals surface area contributed by atoms with Gasteiger partial charge in [0.15, 0.2) is 0 Å². The lowest BCUT2D eigenvalue weighted by Gasteiger charge is -2.10. The van der Waals surface area contributed by atoms with Crippen LogP contribution in [0.5, 0.6) is 0 Å². The van der Waals surface area contributed by atoms with Crippen LogP contribution in [0.25, 0.3) is 43.8 Å². The SMILES string of the molecule is Cc1cc2ccc3c(c2c2c1oc1ccccc12)-c1ccccc1C3. The lowest BCUT2D eigenvalue weighted by molar-refractivity contribution is 0.666. The zero-order chi connectivity index (χ0) is 16.5. The van der Waals surface area contributed by atoms with Gasteiger partial charge in [-0.1, -0.05) is 54.6 Å². The molecule has 118 valence electrons. The molecule has 0 saturated carbocycles. The highest BCUT2D eigenvalue weighted by Crippen LogP contribution is 2.46. The van der Waals surface area contributed by atoms with Gasteiger partial charge in [0.2, 0.25) is 0 Å². The van der Waals surface area contributed by atoms with Crippen LogP contribution in [0.4, 0.5) is 0 Å². The van der Waals surface area contributed by atoms with Crippen LogP contribution in [0.3, 0.4) is 0 Å². The van der Waals surface area contributed by atoms with Gasteiger partial charge in [0.1, 0.15) is 11.2 Å². The Morgan fingerprint density at radius 1 is 0.800 bits per heavy atom. The van der Waals surface area contributed by atoms with Crippen LogP contribution in [0.15, 0.2) is 71.1 Å². The van der Waals surface area contributed by atoms with Crippen molar-refractivity contribution in [2.45, 2.75) is 13.3 Å². The lowest BCUT2D eigenvalue weighted by Crippen LogP contribution is -1.86. The molecule has 0 N–H and O–H groups in total. The van der Waals surface area contributed by atoms with Gasteiger partial charge in [-0.3, -0.25) is 0 Å². The van der Waals surface area contributed by atoms with E-state index < -0.39 is 0 Å². The molecule has 6 rings (SSSR count). The Hall–Kier alpha value is -3.06. The smallest absolute Gasteiger partial charge is 0.138 e. The van der Waals surface area contributed by atoms with Gasteiger partial charge in [0, 0.05) is 16.2 Å². The molecule has 0 unspecified atom stereocenters. The lowest BCUT2D eigenvalue weighted by atomic mass is 9.93. The molecule has 1 aliphatic rings. The summed E-state index contributed by atoms with van der Waals surface area (Å²) in [6.07, 6.45) is 1.02. The van der Waals surface area contributed by atoms with Crippen molar-refractivity contribution in [2.24, 2.45) is 0 Å². The van der Waals surface area contributed by atoms with Crippen molar-refractivity contribution in [1.29, 1.82) is 0 Å². The van der Waals surface area contributed by atoms with Crippen LogP contribution in [-0.2, 0) is 6.42 Å². The summed E-state index contributed by atoms with van der Waals surface area (Å²) in [5, 5.41) is 5.11. The second-order valence-electron chi connectivity index (χ2n) is 7.03. The monoisotopic (exact) mass is 320 g/mol. The highest BCUT2D eigenvalue weighted by molar-refractivity contribution is 6.24. The van der Waals surface area contributed by atoms with Crippen LogP contribution in [0.2, 0.25) is 0 Å². The molecule has 0 bridgehead atoms. The molecule has 0 saturated heterocycles. The van der Waals surface area contributed by atoms with Gasteiger partial charge in [-0.2, -0.15) is 0 Å². The fourth-order valence-electron chi connectivity index (χ4n) is 4.50. The van der Waals surface area contributed by atoms with E-state index in [0.717, 1.165) is 17.6 Å². The molecule has 1 aliphatic carbocycles. The summed E-state index contributed by atoms with van der Waals surface area (Å²) in [4.78, 5) is 0. The standard InChI is InChI=1S/C24H16O/c1-14-12-16-10-11-17-13-15-6-2-3-7-18(15)21(17)22(16)23-19-8-4-5-9-20(19)25-24(14)23/h2-12H,13H2,1H3. The van der Waals surface area contributed by atoms with Crippen LogP contribution < -0.4 is 0 Å². The van der Waals surface area contributed by atoms with Crippen LogP contribution in [0, 0.1) is 6.92 Å². The molecule has 1 nitrogen and oxygen atoms in total. The average molecular weight is 320 g/mol. The first-order chi connectivity index (χ1) is 12.3. The van der Waals surface area contributed by atoms with E-state index in [1.807, 2.05) is 6.07 Å². The number of hydrogen-bond donors (Lipinski definition) is 0. The molecular weight excluding hydrogens is 304 g/mol. The van der Waals surface area contributed by atoms with E-state index in [0.29, 0.717) is 0 Å². The Kier molecular flexibility index (Phi) is 2.39. The predicted octanol–water partition coefficient (Wildman–Crippen LogP) is 6.62. The average Bonchev–Trinajstić information content (AvgIpc) is 3.20. The van der Waals surface area contributed by atoms with E-state index in [1.165, 1.54) is 49.4 Å². The molecule has 0 amide bonds. The Morgan fingerprint density at radius 3 is 2.60 bits per heavy atom. The minimum atomic E-state index is 0.969. The molecule has 0 radical (unpaired) electrons. The van der Waals surface area contributed by atoms with Crippen molar-refractivity contribution >= 4 is 32.7 Å². The van der Waals surface area contributed by atoms with Gasteiger partial charge in [0.25, 0.3) is 0 Å². The van der Waals surface area contributed by atoms with E-state index in [4.69, 9.17) is 4.42 Å². The Balaban J connectivity index is 1.93. The maximum atomic E-state index is 6.24. The largest absolute Gasteiger partial charge is 0.456 e. The zero-order valence-electron chi connectivity index (χ0n) is 14.0. The number of furan rings is 1. The third-order valence-corrected chi connectivity index (χ3v) is 5.57. The molecule has 0 aliphatic heterocycles. The molecule has 5 aromatic rings. The molecule has 1 heterocycles. The quantitative estimate of drug-likeness (QED) is 0.306. The Bertz CT molecular complexity index is 1320. The predicted molar refractivity (Wildman–Crippen MR) is 104 cm³/mol. The molecule has 1 aromatic heterocycles. The molecule has 0 spiro atoms. The molecule has 4 aromatic carbocycles. The van der Waals surface area contributed by atoms with Gasteiger partial charge in [-0.05, 0) is 58.7 Å². The first kappa shape index (κ1) is 13.3. The number of para-hydroxylation sites is 1. The number of aryl methyl sites for hydroxylation is 1. The highest BCUT2D eigenvalue weighted by atomic mass is 16.3. The third kappa shape index (κ3) is 1.63. The van der Waals surface area contributed by atoms with E-state index in [-0.39, 0.29) is 0 Å². The number of rotatable bonds is 0. The Labute approximate surface area is 145 Å². The normalized spacial score (nSPS) is 12.8. The zero-order valence-corrected chi connectivity index (χ0v) is 14.0. The minimum absolute atomic E-state index is 0.969. The van der Waals surface area contributed by atoms with Gasteiger partial charge >= 0.3 is 0 Å². The highest BCUT2D eigenvalue weighted by Gasteiger charge is 2.23.